The molecule has 3 heteroatoms. The molecule has 0 spiro atoms. The summed E-state index contributed by atoms with van der Waals surface area (Å²) < 4.78 is 4.68. The summed E-state index contributed by atoms with van der Waals surface area (Å²) in [6, 6.07) is 17.0. The molecule has 0 heterocycles. The first-order valence-corrected chi connectivity index (χ1v) is 6.52. The third kappa shape index (κ3) is 3.90. The minimum Gasteiger partial charge on any atom is -0.465 e. The Labute approximate surface area is 116 Å². The fourth-order valence-electron chi connectivity index (χ4n) is 1.47. The molecular formula is C16H12O2S. The van der Waals surface area contributed by atoms with Crippen LogP contribution in [0.2, 0.25) is 0 Å². The van der Waals surface area contributed by atoms with E-state index in [1.165, 1.54) is 18.9 Å². The molecule has 0 radical (unpaired) electrons. The van der Waals surface area contributed by atoms with E-state index in [9.17, 15) is 4.79 Å². The minimum atomic E-state index is -0.335. The van der Waals surface area contributed by atoms with Crippen molar-refractivity contribution >= 4 is 17.7 Å². The van der Waals surface area contributed by atoms with Gasteiger partial charge in [-0.2, -0.15) is 0 Å². The van der Waals surface area contributed by atoms with Crippen LogP contribution < -0.4 is 0 Å². The molecule has 0 aliphatic heterocycles. The Balaban J connectivity index is 2.08. The lowest BCUT2D eigenvalue weighted by atomic mass is 10.2. The minimum absolute atomic E-state index is 0.335. The summed E-state index contributed by atoms with van der Waals surface area (Å²) in [7, 11) is 1.37. The Morgan fingerprint density at radius 3 is 2.63 bits per heavy atom. The van der Waals surface area contributed by atoms with E-state index in [4.69, 9.17) is 0 Å². The number of ether oxygens (including phenoxy) is 1. The van der Waals surface area contributed by atoms with Crippen molar-refractivity contribution in [2.75, 3.05) is 7.11 Å². The summed E-state index contributed by atoms with van der Waals surface area (Å²) in [5, 5.41) is 3.02. The van der Waals surface area contributed by atoms with Gasteiger partial charge in [0, 0.05) is 10.5 Å². The second-order valence-corrected chi connectivity index (χ2v) is 4.59. The molecule has 2 rings (SSSR count). The lowest BCUT2D eigenvalue weighted by Gasteiger charge is -2.00. The van der Waals surface area contributed by atoms with E-state index >= 15 is 0 Å². The van der Waals surface area contributed by atoms with Crippen molar-refractivity contribution in [1.29, 1.82) is 0 Å². The molecule has 0 fully saturated rings. The first kappa shape index (κ1) is 13.3. The van der Waals surface area contributed by atoms with E-state index in [1.807, 2.05) is 42.5 Å². The van der Waals surface area contributed by atoms with Crippen molar-refractivity contribution in [3.05, 3.63) is 65.7 Å². The zero-order valence-electron chi connectivity index (χ0n) is 10.4. The van der Waals surface area contributed by atoms with E-state index < -0.39 is 0 Å². The monoisotopic (exact) mass is 268 g/mol. The van der Waals surface area contributed by atoms with Gasteiger partial charge in [0.15, 0.2) is 0 Å². The molecule has 0 saturated heterocycles. The van der Waals surface area contributed by atoms with E-state index in [1.54, 1.807) is 12.1 Å². The molecule has 19 heavy (non-hydrogen) atoms. The predicted octanol–water partition coefficient (Wildman–Crippen LogP) is 3.57. The molecule has 0 atom stereocenters. The SMILES string of the molecule is COC(=O)c1cccc(SC#Cc2ccccc2)c1. The van der Waals surface area contributed by atoms with Crippen LogP contribution >= 0.6 is 11.8 Å². The van der Waals surface area contributed by atoms with Crippen LogP contribution in [0.15, 0.2) is 59.5 Å². The van der Waals surface area contributed by atoms with E-state index in [2.05, 4.69) is 15.9 Å². The first-order valence-electron chi connectivity index (χ1n) is 5.71. The smallest absolute Gasteiger partial charge is 0.337 e. The summed E-state index contributed by atoms with van der Waals surface area (Å²) in [4.78, 5) is 12.3. The predicted molar refractivity (Wildman–Crippen MR) is 77.0 cm³/mol. The van der Waals surface area contributed by atoms with E-state index in [-0.39, 0.29) is 5.97 Å². The van der Waals surface area contributed by atoms with Gasteiger partial charge in [0.25, 0.3) is 0 Å². The summed E-state index contributed by atoms with van der Waals surface area (Å²) in [5.41, 5.74) is 1.51. The quantitative estimate of drug-likeness (QED) is 0.473. The van der Waals surface area contributed by atoms with Gasteiger partial charge in [-0.3, -0.25) is 0 Å². The third-order valence-corrected chi connectivity index (χ3v) is 3.09. The second-order valence-electron chi connectivity index (χ2n) is 3.71. The highest BCUT2D eigenvalue weighted by Crippen LogP contribution is 2.18. The molecule has 2 nitrogen and oxygen atoms in total. The Morgan fingerprint density at radius 2 is 1.89 bits per heavy atom. The van der Waals surface area contributed by atoms with Crippen LogP contribution in [-0.2, 0) is 4.74 Å². The van der Waals surface area contributed by atoms with Gasteiger partial charge in [-0.05, 0) is 47.3 Å². The van der Waals surface area contributed by atoms with Crippen molar-refractivity contribution in [2.45, 2.75) is 4.90 Å². The normalized spacial score (nSPS) is 9.32. The average Bonchev–Trinajstić information content (AvgIpc) is 2.48. The number of hydrogen-bond acceptors (Lipinski definition) is 3. The Kier molecular flexibility index (Phi) is 4.66. The maximum atomic E-state index is 11.4. The number of esters is 1. The molecule has 0 aromatic heterocycles. The van der Waals surface area contributed by atoms with Gasteiger partial charge < -0.3 is 4.74 Å². The number of benzene rings is 2. The topological polar surface area (TPSA) is 26.3 Å². The zero-order valence-corrected chi connectivity index (χ0v) is 11.2. The van der Waals surface area contributed by atoms with Crippen LogP contribution in [0, 0.1) is 11.2 Å². The van der Waals surface area contributed by atoms with Gasteiger partial charge in [0.1, 0.15) is 0 Å². The van der Waals surface area contributed by atoms with Crippen LogP contribution in [0.4, 0.5) is 0 Å². The number of methoxy groups -OCH3 is 1. The Hall–Kier alpha value is -2.18. The van der Waals surface area contributed by atoms with E-state index in [0.717, 1.165) is 10.5 Å². The summed E-state index contributed by atoms with van der Waals surface area (Å²) in [6.07, 6.45) is 0. The second kappa shape index (κ2) is 6.67. The van der Waals surface area contributed by atoms with Gasteiger partial charge in [-0.15, -0.1) is 0 Å². The largest absolute Gasteiger partial charge is 0.465 e. The maximum absolute atomic E-state index is 11.4. The molecule has 0 aliphatic carbocycles. The van der Waals surface area contributed by atoms with Crippen molar-refractivity contribution in [2.24, 2.45) is 0 Å². The zero-order chi connectivity index (χ0) is 13.5. The number of carbonyl (C=O) groups is 1. The van der Waals surface area contributed by atoms with Crippen molar-refractivity contribution < 1.29 is 9.53 Å². The van der Waals surface area contributed by atoms with Gasteiger partial charge in [0.2, 0.25) is 0 Å². The van der Waals surface area contributed by atoms with E-state index in [0.29, 0.717) is 5.56 Å². The highest BCUT2D eigenvalue weighted by atomic mass is 32.2. The standard InChI is InChI=1S/C16H12O2S/c1-18-16(17)14-8-5-9-15(12-14)19-11-10-13-6-3-2-4-7-13/h2-9,12H,1H3. The first-order chi connectivity index (χ1) is 9.29. The summed E-state index contributed by atoms with van der Waals surface area (Å²) in [5.74, 6) is 2.72. The van der Waals surface area contributed by atoms with Crippen molar-refractivity contribution in [3.63, 3.8) is 0 Å². The van der Waals surface area contributed by atoms with Crippen LogP contribution in [-0.4, -0.2) is 13.1 Å². The summed E-state index contributed by atoms with van der Waals surface area (Å²) in [6.45, 7) is 0. The van der Waals surface area contributed by atoms with Crippen LogP contribution in [0.5, 0.6) is 0 Å². The Bertz CT molecular complexity index is 624. The van der Waals surface area contributed by atoms with Gasteiger partial charge in [0.05, 0.1) is 12.7 Å². The molecular weight excluding hydrogens is 256 g/mol. The van der Waals surface area contributed by atoms with Crippen molar-refractivity contribution in [1.82, 2.24) is 0 Å². The van der Waals surface area contributed by atoms with Crippen LogP contribution in [0.3, 0.4) is 0 Å². The molecule has 0 saturated carbocycles. The molecule has 2 aromatic rings. The lowest BCUT2D eigenvalue weighted by molar-refractivity contribution is 0.0600. The average molecular weight is 268 g/mol. The van der Waals surface area contributed by atoms with Gasteiger partial charge in [-0.25, -0.2) is 4.79 Å². The van der Waals surface area contributed by atoms with Crippen LogP contribution in [0.1, 0.15) is 15.9 Å². The number of hydrogen-bond donors (Lipinski definition) is 0. The maximum Gasteiger partial charge on any atom is 0.337 e. The molecule has 0 unspecified atom stereocenters. The highest BCUT2D eigenvalue weighted by molar-refractivity contribution is 8.04. The van der Waals surface area contributed by atoms with Gasteiger partial charge in [-0.1, -0.05) is 30.2 Å². The number of carbonyl (C=O) groups excluding carboxylic acids is 1. The molecule has 0 amide bonds. The highest BCUT2D eigenvalue weighted by Gasteiger charge is 2.04. The molecule has 0 aliphatic rings. The molecule has 0 bridgehead atoms. The van der Waals surface area contributed by atoms with Gasteiger partial charge >= 0.3 is 5.97 Å². The summed E-state index contributed by atoms with van der Waals surface area (Å²) >= 11 is 1.39. The third-order valence-electron chi connectivity index (χ3n) is 2.39. The Morgan fingerprint density at radius 1 is 1.11 bits per heavy atom. The van der Waals surface area contributed by atoms with Crippen molar-refractivity contribution in [3.8, 4) is 11.2 Å². The number of rotatable bonds is 2. The number of thioether (sulfide) groups is 1. The molecule has 0 N–H and O–H groups in total. The fraction of sp³-hybridized carbons (Fsp3) is 0.0625. The lowest BCUT2D eigenvalue weighted by Crippen LogP contribution is -2.00. The fourth-order valence-corrected chi connectivity index (χ4v) is 2.09. The van der Waals surface area contributed by atoms with Crippen LogP contribution in [0.25, 0.3) is 0 Å². The molecule has 94 valence electrons. The molecule has 2 aromatic carbocycles.